The third kappa shape index (κ3) is 3.20. The predicted molar refractivity (Wildman–Crippen MR) is 55.1 cm³/mol. The van der Waals surface area contributed by atoms with Crippen molar-refractivity contribution in [1.82, 2.24) is 9.78 Å². The third-order valence-corrected chi connectivity index (χ3v) is 1.79. The fourth-order valence-corrected chi connectivity index (χ4v) is 0.898. The zero-order valence-electron chi connectivity index (χ0n) is 7.32. The van der Waals surface area contributed by atoms with Gasteiger partial charge in [-0.1, -0.05) is 0 Å². The third-order valence-electron chi connectivity index (χ3n) is 1.67. The molecule has 0 atom stereocenters. The van der Waals surface area contributed by atoms with E-state index in [1.165, 1.54) is 6.08 Å². The van der Waals surface area contributed by atoms with Gasteiger partial charge in [-0.25, -0.2) is 0 Å². The van der Waals surface area contributed by atoms with Crippen LogP contribution in [0.1, 0.15) is 11.3 Å². The van der Waals surface area contributed by atoms with Crippen LogP contribution >= 0.6 is 24.0 Å². The molecule has 0 aliphatic carbocycles. The van der Waals surface area contributed by atoms with Gasteiger partial charge < -0.3 is 0 Å². The van der Waals surface area contributed by atoms with Crippen molar-refractivity contribution in [2.45, 2.75) is 6.92 Å². The van der Waals surface area contributed by atoms with Crippen LogP contribution < -0.4 is 0 Å². The Morgan fingerprint density at radius 1 is 1.69 bits per heavy atom. The number of aryl methyl sites for hydroxylation is 1. The van der Waals surface area contributed by atoms with E-state index in [0.717, 1.165) is 11.3 Å². The lowest BCUT2D eigenvalue weighted by Crippen LogP contribution is -1.92. The monoisotopic (exact) mass is 220 g/mol. The molecule has 0 aliphatic heterocycles. The van der Waals surface area contributed by atoms with Crippen LogP contribution in [0.2, 0.25) is 0 Å². The van der Waals surface area contributed by atoms with Gasteiger partial charge in [0.2, 0.25) is 5.24 Å². The molecule has 5 heteroatoms. The molecule has 0 saturated carbocycles. The number of hydrogen-bond donors (Lipinski definition) is 0. The van der Waals surface area contributed by atoms with Gasteiger partial charge in [0.1, 0.15) is 0 Å². The normalized spacial score (nSPS) is 10.1. The van der Waals surface area contributed by atoms with Crippen LogP contribution in [0.3, 0.4) is 0 Å². The molecule has 0 aliphatic rings. The summed E-state index contributed by atoms with van der Waals surface area (Å²) in [5, 5.41) is 3.53. The van der Waals surface area contributed by atoms with Gasteiger partial charge >= 0.3 is 0 Å². The van der Waals surface area contributed by atoms with E-state index in [0.29, 0.717) is 0 Å². The number of carbonyl (C=O) groups excluding carboxylic acids is 1. The fraction of sp³-hybridized carbons (Fsp3) is 0.250. The summed E-state index contributed by atoms with van der Waals surface area (Å²) in [6, 6.07) is 0. The molecule has 0 aromatic carbocycles. The molecule has 0 amide bonds. The first-order valence-corrected chi connectivity index (χ1v) is 3.85. The summed E-state index contributed by atoms with van der Waals surface area (Å²) >= 11 is 5.13. The highest BCUT2D eigenvalue weighted by Crippen LogP contribution is 2.07. The van der Waals surface area contributed by atoms with Gasteiger partial charge in [-0.3, -0.25) is 9.48 Å². The van der Waals surface area contributed by atoms with Crippen LogP contribution in [0.15, 0.2) is 12.3 Å². The lowest BCUT2D eigenvalue weighted by Gasteiger charge is -1.92. The second-order valence-electron chi connectivity index (χ2n) is 2.45. The zero-order valence-corrected chi connectivity index (χ0v) is 8.89. The van der Waals surface area contributed by atoms with E-state index in [4.69, 9.17) is 11.6 Å². The van der Waals surface area contributed by atoms with E-state index < -0.39 is 5.24 Å². The van der Waals surface area contributed by atoms with Crippen LogP contribution in [-0.2, 0) is 11.8 Å². The lowest BCUT2D eigenvalue weighted by atomic mass is 10.2. The first-order chi connectivity index (χ1) is 5.61. The Hall–Kier alpha value is -0.800. The largest absolute Gasteiger partial charge is 0.276 e. The van der Waals surface area contributed by atoms with Crippen molar-refractivity contribution in [1.29, 1.82) is 0 Å². The lowest BCUT2D eigenvalue weighted by molar-refractivity contribution is -0.107. The molecular weight excluding hydrogens is 211 g/mol. The Labute approximate surface area is 87.8 Å². The zero-order chi connectivity index (χ0) is 9.14. The molecule has 0 bridgehead atoms. The maximum Gasteiger partial charge on any atom is 0.245 e. The van der Waals surface area contributed by atoms with Crippen molar-refractivity contribution in [3.63, 3.8) is 0 Å². The molecule has 1 heterocycles. The molecular formula is C8H10Cl2N2O. The summed E-state index contributed by atoms with van der Waals surface area (Å²) in [6.07, 6.45) is 4.65. The summed E-state index contributed by atoms with van der Waals surface area (Å²) in [7, 11) is 1.84. The van der Waals surface area contributed by atoms with Gasteiger partial charge in [0.15, 0.2) is 0 Å². The summed E-state index contributed by atoms with van der Waals surface area (Å²) in [4.78, 5) is 10.4. The minimum absolute atomic E-state index is 0. The Kier molecular flexibility index (Phi) is 4.73. The fourth-order valence-electron chi connectivity index (χ4n) is 0.835. The number of nitrogens with zero attached hydrogens (tertiary/aromatic N) is 2. The molecule has 0 saturated heterocycles. The van der Waals surface area contributed by atoms with Crippen LogP contribution in [0, 0.1) is 6.92 Å². The summed E-state index contributed by atoms with van der Waals surface area (Å²) in [6.45, 7) is 1.92. The highest BCUT2D eigenvalue weighted by molar-refractivity contribution is 6.66. The number of halogens is 2. The topological polar surface area (TPSA) is 34.9 Å². The molecule has 1 rings (SSSR count). The highest BCUT2D eigenvalue weighted by Gasteiger charge is 1.98. The molecule has 0 unspecified atom stereocenters. The van der Waals surface area contributed by atoms with Crippen LogP contribution in [0.5, 0.6) is 0 Å². The van der Waals surface area contributed by atoms with E-state index >= 15 is 0 Å². The highest BCUT2D eigenvalue weighted by atomic mass is 35.5. The number of rotatable bonds is 2. The van der Waals surface area contributed by atoms with Crippen LogP contribution in [0.25, 0.3) is 6.08 Å². The van der Waals surface area contributed by atoms with Crippen molar-refractivity contribution in [2.24, 2.45) is 7.05 Å². The molecule has 0 spiro atoms. The van der Waals surface area contributed by atoms with Crippen LogP contribution in [0.4, 0.5) is 0 Å². The van der Waals surface area contributed by atoms with E-state index in [2.05, 4.69) is 5.10 Å². The first kappa shape index (κ1) is 12.2. The van der Waals surface area contributed by atoms with E-state index in [-0.39, 0.29) is 12.4 Å². The quantitative estimate of drug-likeness (QED) is 0.564. The minimum Gasteiger partial charge on any atom is -0.276 e. The average molecular weight is 221 g/mol. The second kappa shape index (κ2) is 5.04. The smallest absolute Gasteiger partial charge is 0.245 e. The number of carbonyl (C=O) groups is 1. The number of allylic oxidation sites excluding steroid dienone is 1. The molecule has 13 heavy (non-hydrogen) atoms. The van der Waals surface area contributed by atoms with Crippen molar-refractivity contribution in [2.75, 3.05) is 0 Å². The molecule has 72 valence electrons. The SMILES string of the molecule is Cc1c(C=CC(=O)Cl)cnn1C.Cl. The van der Waals surface area contributed by atoms with Crippen molar-refractivity contribution >= 4 is 35.3 Å². The van der Waals surface area contributed by atoms with Gasteiger partial charge in [-0.15, -0.1) is 12.4 Å². The number of hydrogen-bond acceptors (Lipinski definition) is 2. The van der Waals surface area contributed by atoms with Crippen molar-refractivity contribution in [3.8, 4) is 0 Å². The van der Waals surface area contributed by atoms with E-state index in [1.54, 1.807) is 17.0 Å². The minimum atomic E-state index is -0.474. The first-order valence-electron chi connectivity index (χ1n) is 3.47. The maximum atomic E-state index is 10.4. The van der Waals surface area contributed by atoms with Gasteiger partial charge in [0.05, 0.1) is 6.20 Å². The van der Waals surface area contributed by atoms with Crippen LogP contribution in [-0.4, -0.2) is 15.0 Å². The Morgan fingerprint density at radius 2 is 2.31 bits per heavy atom. The van der Waals surface area contributed by atoms with Gasteiger partial charge in [0, 0.05) is 18.3 Å². The van der Waals surface area contributed by atoms with Gasteiger partial charge in [-0.2, -0.15) is 5.10 Å². The Morgan fingerprint density at radius 3 is 2.69 bits per heavy atom. The summed E-state index contributed by atoms with van der Waals surface area (Å²) in [5.74, 6) is 0. The molecule has 3 nitrogen and oxygen atoms in total. The predicted octanol–water partition coefficient (Wildman–Crippen LogP) is 1.93. The molecule has 0 radical (unpaired) electrons. The summed E-state index contributed by atoms with van der Waals surface area (Å²) in [5.41, 5.74) is 1.91. The van der Waals surface area contributed by atoms with Crippen molar-refractivity contribution < 1.29 is 4.79 Å². The van der Waals surface area contributed by atoms with Gasteiger partial charge in [-0.05, 0) is 30.7 Å². The summed E-state index contributed by atoms with van der Waals surface area (Å²) < 4.78 is 1.73. The molecule has 1 aromatic heterocycles. The average Bonchev–Trinajstić information content (AvgIpc) is 2.30. The Balaban J connectivity index is 0.00000144. The van der Waals surface area contributed by atoms with E-state index in [9.17, 15) is 4.79 Å². The Bertz CT molecular complexity index is 331. The molecule has 0 fully saturated rings. The maximum absolute atomic E-state index is 10.4. The van der Waals surface area contributed by atoms with Crippen molar-refractivity contribution in [3.05, 3.63) is 23.5 Å². The molecule has 1 aromatic rings. The number of aromatic nitrogens is 2. The second-order valence-corrected chi connectivity index (χ2v) is 2.82. The van der Waals surface area contributed by atoms with Gasteiger partial charge in [0.25, 0.3) is 0 Å². The molecule has 0 N–H and O–H groups in total. The standard InChI is InChI=1S/C8H9ClN2O.ClH/c1-6-7(3-4-8(9)12)5-10-11(6)2;/h3-5H,1-2H3;1H. The van der Waals surface area contributed by atoms with E-state index in [1.807, 2.05) is 14.0 Å².